The molecule has 2 atom stereocenters. The minimum Gasteiger partial charge on any atom is -0.490 e. The Morgan fingerprint density at radius 3 is 2.48 bits per heavy atom. The zero-order chi connectivity index (χ0) is 34.0. The van der Waals surface area contributed by atoms with Crippen molar-refractivity contribution in [2.75, 3.05) is 33.7 Å². The third kappa shape index (κ3) is 8.20. The number of nitrogens with one attached hydrogen (secondary N) is 3. The lowest BCUT2D eigenvalue weighted by Gasteiger charge is -2.28. The van der Waals surface area contributed by atoms with Crippen molar-refractivity contribution >= 4 is 18.2 Å². The lowest BCUT2D eigenvalue weighted by Crippen LogP contribution is -2.45. The molecule has 48 heavy (non-hydrogen) atoms. The smallest absolute Gasteiger partial charge is 0.337 e. The first-order valence-electron chi connectivity index (χ1n) is 15.3. The van der Waals surface area contributed by atoms with E-state index in [0.29, 0.717) is 71.1 Å². The van der Waals surface area contributed by atoms with Gasteiger partial charge in [0.05, 0.1) is 38.2 Å². The molecule has 0 fully saturated rings. The third-order valence-corrected chi connectivity index (χ3v) is 7.21. The maximum Gasteiger partial charge on any atom is 0.337 e. The SMILES string of the molecule is CCOc1cc(/C=N\N[C@H](O)COc2ccc([C@@H]3NC(=O)NC(C)=C3C(=O)OC)cc2OCC)ccc1OCc1ccc2c(c1)OCO2. The van der Waals surface area contributed by atoms with E-state index in [0.717, 1.165) is 5.56 Å². The highest BCUT2D eigenvalue weighted by Crippen LogP contribution is 2.36. The number of rotatable bonds is 15. The maximum absolute atomic E-state index is 12.5. The first-order chi connectivity index (χ1) is 23.3. The summed E-state index contributed by atoms with van der Waals surface area (Å²) in [5, 5.41) is 20.0. The van der Waals surface area contributed by atoms with E-state index in [2.05, 4.69) is 21.2 Å². The van der Waals surface area contributed by atoms with Crippen LogP contribution in [0, 0.1) is 0 Å². The summed E-state index contributed by atoms with van der Waals surface area (Å²) in [7, 11) is 1.27. The first kappa shape index (κ1) is 33.7. The van der Waals surface area contributed by atoms with Crippen LogP contribution in [0.3, 0.4) is 0 Å². The molecule has 254 valence electrons. The molecular formula is C34H38N4O10. The number of nitrogens with zero attached hydrogens (tertiary/aromatic N) is 1. The zero-order valence-corrected chi connectivity index (χ0v) is 27.0. The highest BCUT2D eigenvalue weighted by molar-refractivity contribution is 5.95. The van der Waals surface area contributed by atoms with E-state index in [1.807, 2.05) is 38.1 Å². The summed E-state index contributed by atoms with van der Waals surface area (Å²) < 4.78 is 39.1. The normalized spacial score (nSPS) is 15.8. The van der Waals surface area contributed by atoms with Crippen LogP contribution in [0.1, 0.15) is 43.5 Å². The average Bonchev–Trinajstić information content (AvgIpc) is 3.55. The Labute approximate surface area is 277 Å². The van der Waals surface area contributed by atoms with E-state index in [4.69, 9.17) is 33.2 Å². The summed E-state index contributed by atoms with van der Waals surface area (Å²) >= 11 is 0. The summed E-state index contributed by atoms with van der Waals surface area (Å²) in [5.41, 5.74) is 5.51. The number of ether oxygens (including phenoxy) is 7. The summed E-state index contributed by atoms with van der Waals surface area (Å²) in [4.78, 5) is 24.7. The van der Waals surface area contributed by atoms with E-state index in [9.17, 15) is 14.7 Å². The molecule has 14 nitrogen and oxygen atoms in total. The van der Waals surface area contributed by atoms with Gasteiger partial charge in [-0.05, 0) is 79.9 Å². The molecule has 14 heteroatoms. The number of allylic oxidation sites excluding steroid dienone is 1. The molecular weight excluding hydrogens is 624 g/mol. The van der Waals surface area contributed by atoms with E-state index < -0.39 is 24.3 Å². The van der Waals surface area contributed by atoms with Crippen molar-refractivity contribution in [3.05, 3.63) is 82.6 Å². The Morgan fingerprint density at radius 2 is 1.71 bits per heavy atom. The van der Waals surface area contributed by atoms with E-state index >= 15 is 0 Å². The second-order valence-electron chi connectivity index (χ2n) is 10.5. The second kappa shape index (κ2) is 15.8. The summed E-state index contributed by atoms with van der Waals surface area (Å²) in [6.07, 6.45) is 0.376. The topological polar surface area (TPSA) is 167 Å². The number of benzene rings is 3. The number of methoxy groups -OCH3 is 1. The lowest BCUT2D eigenvalue weighted by atomic mass is 9.95. The molecule has 2 heterocycles. The molecule has 4 N–H and O–H groups in total. The van der Waals surface area contributed by atoms with Gasteiger partial charge in [-0.25, -0.2) is 9.59 Å². The van der Waals surface area contributed by atoms with Gasteiger partial charge < -0.3 is 48.9 Å². The van der Waals surface area contributed by atoms with Gasteiger partial charge in [-0.15, -0.1) is 0 Å². The number of aliphatic hydroxyl groups excluding tert-OH is 1. The summed E-state index contributed by atoms with van der Waals surface area (Å²) in [6.45, 7) is 6.45. The molecule has 0 bridgehead atoms. The van der Waals surface area contributed by atoms with Crippen molar-refractivity contribution in [3.8, 4) is 34.5 Å². The van der Waals surface area contributed by atoms with Gasteiger partial charge in [0.2, 0.25) is 6.79 Å². The Morgan fingerprint density at radius 1 is 0.979 bits per heavy atom. The molecule has 0 saturated carbocycles. The predicted octanol–water partition coefficient (Wildman–Crippen LogP) is 3.91. The Hall–Kier alpha value is -5.63. The number of amides is 2. The number of carbonyl (C=O) groups is 2. The fraction of sp³-hybridized carbons (Fsp3) is 0.324. The largest absolute Gasteiger partial charge is 0.490 e. The molecule has 0 spiro atoms. The van der Waals surface area contributed by atoms with Crippen molar-refractivity contribution in [1.29, 1.82) is 0 Å². The fourth-order valence-corrected chi connectivity index (χ4v) is 5.00. The number of esters is 1. The molecule has 3 aromatic carbocycles. The molecule has 3 aromatic rings. The van der Waals surface area contributed by atoms with Gasteiger partial charge in [0.25, 0.3) is 0 Å². The van der Waals surface area contributed by atoms with E-state index in [1.165, 1.54) is 13.3 Å². The van der Waals surface area contributed by atoms with Crippen LogP contribution in [-0.2, 0) is 16.1 Å². The molecule has 0 unspecified atom stereocenters. The van der Waals surface area contributed by atoms with Crippen molar-refractivity contribution in [2.45, 2.75) is 39.6 Å². The van der Waals surface area contributed by atoms with E-state index in [1.54, 1.807) is 37.3 Å². The van der Waals surface area contributed by atoms with Gasteiger partial charge in [0.1, 0.15) is 13.2 Å². The van der Waals surface area contributed by atoms with Crippen molar-refractivity contribution in [2.24, 2.45) is 5.10 Å². The number of aliphatic hydroxyl groups is 1. The minimum atomic E-state index is -1.16. The highest BCUT2D eigenvalue weighted by atomic mass is 16.7. The Balaban J connectivity index is 1.18. The van der Waals surface area contributed by atoms with Crippen LogP contribution in [0.5, 0.6) is 34.5 Å². The Bertz CT molecular complexity index is 1690. The average molecular weight is 663 g/mol. The minimum absolute atomic E-state index is 0.163. The highest BCUT2D eigenvalue weighted by Gasteiger charge is 2.32. The first-order valence-corrected chi connectivity index (χ1v) is 15.3. The monoisotopic (exact) mass is 662 g/mol. The number of fused-ring (bicyclic) bond motifs is 1. The molecule has 0 aliphatic carbocycles. The molecule has 0 aromatic heterocycles. The maximum atomic E-state index is 12.5. The van der Waals surface area contributed by atoms with Crippen LogP contribution in [0.25, 0.3) is 0 Å². The number of carbonyl (C=O) groups excluding carboxylic acids is 2. The van der Waals surface area contributed by atoms with Crippen LogP contribution in [0.15, 0.2) is 71.0 Å². The van der Waals surface area contributed by atoms with Crippen molar-refractivity contribution in [1.82, 2.24) is 16.1 Å². The molecule has 2 aliphatic rings. The zero-order valence-electron chi connectivity index (χ0n) is 27.0. The van der Waals surface area contributed by atoms with Crippen LogP contribution in [0.4, 0.5) is 4.79 Å². The van der Waals surface area contributed by atoms with Gasteiger partial charge in [-0.3, -0.25) is 5.43 Å². The van der Waals surface area contributed by atoms with Crippen LogP contribution in [-0.4, -0.2) is 63.3 Å². The summed E-state index contributed by atoms with van der Waals surface area (Å²) in [6, 6.07) is 14.8. The third-order valence-electron chi connectivity index (χ3n) is 7.21. The molecule has 0 saturated heterocycles. The van der Waals surface area contributed by atoms with E-state index in [-0.39, 0.29) is 19.0 Å². The van der Waals surface area contributed by atoms with Crippen molar-refractivity contribution in [3.63, 3.8) is 0 Å². The van der Waals surface area contributed by atoms with Crippen molar-refractivity contribution < 1.29 is 47.9 Å². The number of hydrogen-bond acceptors (Lipinski definition) is 12. The molecule has 5 rings (SSSR count). The second-order valence-corrected chi connectivity index (χ2v) is 10.5. The van der Waals surface area contributed by atoms with Crippen LogP contribution in [0.2, 0.25) is 0 Å². The Kier molecular flexibility index (Phi) is 11.1. The van der Waals surface area contributed by atoms with Gasteiger partial charge in [0.15, 0.2) is 40.7 Å². The fourth-order valence-electron chi connectivity index (χ4n) is 5.00. The van der Waals surface area contributed by atoms with Crippen LogP contribution >= 0.6 is 0 Å². The van der Waals surface area contributed by atoms with Crippen LogP contribution < -0.4 is 44.5 Å². The number of urea groups is 1. The number of hydrazone groups is 1. The van der Waals surface area contributed by atoms with Gasteiger partial charge >= 0.3 is 12.0 Å². The summed E-state index contributed by atoms with van der Waals surface area (Å²) in [5.74, 6) is 2.66. The predicted molar refractivity (Wildman–Crippen MR) is 173 cm³/mol. The van der Waals surface area contributed by atoms with Gasteiger partial charge in [-0.2, -0.15) is 5.10 Å². The number of hydrogen-bond donors (Lipinski definition) is 4. The molecule has 0 radical (unpaired) electrons. The standard InChI is InChI=1S/C34H38N4O10/c1-5-43-27-13-21(7-10-24(27)45-17-22-8-11-26-28(14-22)48-19-47-26)16-35-38-30(39)18-46-25-12-9-23(15-29(25)44-6-2)32-31(33(40)42-4)20(3)36-34(41)37-32/h7-16,30,32,38-39H,5-6,17-19H2,1-4H3,(H2,36,37,41)/b35-16-/t30-,32+/m1/s1. The van der Waals surface area contributed by atoms with Gasteiger partial charge in [-0.1, -0.05) is 12.1 Å². The lowest BCUT2D eigenvalue weighted by molar-refractivity contribution is -0.136. The molecule has 2 aliphatic heterocycles. The van der Waals surface area contributed by atoms with Gasteiger partial charge in [0, 0.05) is 5.70 Å². The quantitative estimate of drug-likeness (QED) is 0.0806. The molecule has 2 amide bonds.